The molecule has 13 heavy (non-hydrogen) atoms. The third-order valence-electron chi connectivity index (χ3n) is 3.06. The van der Waals surface area contributed by atoms with Crippen molar-refractivity contribution in [3.63, 3.8) is 0 Å². The zero-order valence-electron chi connectivity index (χ0n) is 7.99. The first-order valence-corrected chi connectivity index (χ1v) is 4.64. The van der Waals surface area contributed by atoms with Gasteiger partial charge in [0.1, 0.15) is 0 Å². The van der Waals surface area contributed by atoms with Gasteiger partial charge in [-0.3, -0.25) is 4.79 Å². The number of aliphatic carboxylic acids is 1. The molecule has 0 heterocycles. The molecule has 2 heteroatoms. The molecular weight excluding hydrogens is 164 g/mol. The summed E-state index contributed by atoms with van der Waals surface area (Å²) in [5, 5.41) is 9.21. The van der Waals surface area contributed by atoms with E-state index in [2.05, 4.69) is 12.7 Å². The van der Waals surface area contributed by atoms with Crippen LogP contribution in [-0.4, -0.2) is 11.1 Å². The maximum atomic E-state index is 11.2. The van der Waals surface area contributed by atoms with Gasteiger partial charge in [0, 0.05) is 0 Å². The second kappa shape index (κ2) is 3.77. The Kier molecular flexibility index (Phi) is 2.91. The van der Waals surface area contributed by atoms with E-state index in [-0.39, 0.29) is 5.92 Å². The number of allylic oxidation sites excluding steroid dienone is 3. The summed E-state index contributed by atoms with van der Waals surface area (Å²) in [4.78, 5) is 11.2. The Hall–Kier alpha value is -1.05. The average Bonchev–Trinajstić information content (AvgIpc) is 2.17. The van der Waals surface area contributed by atoms with Crippen LogP contribution in [0.3, 0.4) is 0 Å². The van der Waals surface area contributed by atoms with Gasteiger partial charge in [0.25, 0.3) is 0 Å². The monoisotopic (exact) mass is 180 g/mol. The Morgan fingerprint density at radius 3 is 2.77 bits per heavy atom. The van der Waals surface area contributed by atoms with Gasteiger partial charge in [-0.05, 0) is 25.2 Å². The SMILES string of the molecule is C=CC(C)C1(C(=O)O)CC=CCC1. The van der Waals surface area contributed by atoms with Crippen LogP contribution in [0, 0.1) is 11.3 Å². The van der Waals surface area contributed by atoms with Crippen LogP contribution < -0.4 is 0 Å². The second-order valence-corrected chi connectivity index (χ2v) is 3.70. The zero-order valence-corrected chi connectivity index (χ0v) is 7.99. The predicted molar refractivity (Wildman–Crippen MR) is 52.4 cm³/mol. The van der Waals surface area contributed by atoms with E-state index < -0.39 is 11.4 Å². The Morgan fingerprint density at radius 2 is 2.38 bits per heavy atom. The number of carbonyl (C=O) groups is 1. The highest BCUT2D eigenvalue weighted by molar-refractivity contribution is 5.75. The summed E-state index contributed by atoms with van der Waals surface area (Å²) in [5.41, 5.74) is -0.601. The van der Waals surface area contributed by atoms with Crippen LogP contribution in [0.25, 0.3) is 0 Å². The Bertz CT molecular complexity index is 242. The van der Waals surface area contributed by atoms with Crippen LogP contribution in [-0.2, 0) is 4.79 Å². The molecule has 1 aliphatic rings. The number of carboxylic acid groups (broad SMARTS) is 1. The molecule has 0 aromatic carbocycles. The third-order valence-corrected chi connectivity index (χ3v) is 3.06. The summed E-state index contributed by atoms with van der Waals surface area (Å²) in [5.74, 6) is -0.654. The highest BCUT2D eigenvalue weighted by Gasteiger charge is 2.41. The fraction of sp³-hybridized carbons (Fsp3) is 0.545. The third kappa shape index (κ3) is 1.67. The average molecular weight is 180 g/mol. The lowest BCUT2D eigenvalue weighted by Crippen LogP contribution is -2.37. The van der Waals surface area contributed by atoms with E-state index >= 15 is 0 Å². The van der Waals surface area contributed by atoms with Gasteiger partial charge >= 0.3 is 5.97 Å². The summed E-state index contributed by atoms with van der Waals surface area (Å²) >= 11 is 0. The van der Waals surface area contributed by atoms with Crippen molar-refractivity contribution >= 4 is 5.97 Å². The summed E-state index contributed by atoms with van der Waals surface area (Å²) in [6, 6.07) is 0. The van der Waals surface area contributed by atoms with Crippen molar-refractivity contribution in [2.24, 2.45) is 11.3 Å². The van der Waals surface area contributed by atoms with Crippen LogP contribution in [0.1, 0.15) is 26.2 Å². The molecule has 2 unspecified atom stereocenters. The Labute approximate surface area is 79.0 Å². The Balaban J connectivity index is 2.93. The molecule has 2 nitrogen and oxygen atoms in total. The van der Waals surface area contributed by atoms with Crippen molar-refractivity contribution < 1.29 is 9.90 Å². The second-order valence-electron chi connectivity index (χ2n) is 3.70. The van der Waals surface area contributed by atoms with Gasteiger partial charge in [0.05, 0.1) is 5.41 Å². The lowest BCUT2D eigenvalue weighted by molar-refractivity contribution is -0.151. The van der Waals surface area contributed by atoms with Crippen LogP contribution in [0.15, 0.2) is 24.8 Å². The largest absolute Gasteiger partial charge is 0.481 e. The number of hydrogen-bond donors (Lipinski definition) is 1. The van der Waals surface area contributed by atoms with Crippen LogP contribution in [0.2, 0.25) is 0 Å². The standard InChI is InChI=1S/C11H16O2/c1-3-9(2)11(10(12)13)7-5-4-6-8-11/h3-5,9H,1,6-8H2,2H3,(H,12,13). The molecule has 0 radical (unpaired) electrons. The highest BCUT2D eigenvalue weighted by atomic mass is 16.4. The van der Waals surface area contributed by atoms with E-state index in [1.54, 1.807) is 6.08 Å². The molecule has 0 aliphatic heterocycles. The smallest absolute Gasteiger partial charge is 0.310 e. The van der Waals surface area contributed by atoms with Crippen molar-refractivity contribution in [3.8, 4) is 0 Å². The molecule has 1 aliphatic carbocycles. The first-order chi connectivity index (χ1) is 6.13. The molecule has 0 bridgehead atoms. The van der Waals surface area contributed by atoms with Gasteiger partial charge in [-0.1, -0.05) is 25.2 Å². The van der Waals surface area contributed by atoms with E-state index in [1.807, 2.05) is 13.0 Å². The molecule has 0 aromatic heterocycles. The number of hydrogen-bond acceptors (Lipinski definition) is 1. The minimum Gasteiger partial charge on any atom is -0.481 e. The van der Waals surface area contributed by atoms with Crippen molar-refractivity contribution in [1.29, 1.82) is 0 Å². The maximum Gasteiger partial charge on any atom is 0.310 e. The van der Waals surface area contributed by atoms with Gasteiger partial charge in [-0.25, -0.2) is 0 Å². The first-order valence-electron chi connectivity index (χ1n) is 4.64. The van der Waals surface area contributed by atoms with Crippen LogP contribution >= 0.6 is 0 Å². The molecule has 72 valence electrons. The van der Waals surface area contributed by atoms with Crippen LogP contribution in [0.5, 0.6) is 0 Å². The van der Waals surface area contributed by atoms with Gasteiger partial charge in [0.15, 0.2) is 0 Å². The molecule has 2 atom stereocenters. The van der Waals surface area contributed by atoms with Crippen molar-refractivity contribution in [2.75, 3.05) is 0 Å². The number of carboxylic acids is 1. The lowest BCUT2D eigenvalue weighted by atomic mass is 9.68. The fourth-order valence-electron chi connectivity index (χ4n) is 1.88. The van der Waals surface area contributed by atoms with E-state index in [0.717, 1.165) is 12.8 Å². The van der Waals surface area contributed by atoms with Gasteiger partial charge in [-0.15, -0.1) is 6.58 Å². The van der Waals surface area contributed by atoms with Crippen LogP contribution in [0.4, 0.5) is 0 Å². The maximum absolute atomic E-state index is 11.2. The summed E-state index contributed by atoms with van der Waals surface area (Å²) in [6.45, 7) is 5.61. The zero-order chi connectivity index (χ0) is 9.90. The number of rotatable bonds is 3. The molecule has 0 saturated carbocycles. The fourth-order valence-corrected chi connectivity index (χ4v) is 1.88. The summed E-state index contributed by atoms with van der Waals surface area (Å²) in [7, 11) is 0. The molecular formula is C11H16O2. The van der Waals surface area contributed by atoms with E-state index in [0.29, 0.717) is 6.42 Å². The van der Waals surface area contributed by atoms with Gasteiger partial charge in [-0.2, -0.15) is 0 Å². The quantitative estimate of drug-likeness (QED) is 0.678. The molecule has 0 amide bonds. The van der Waals surface area contributed by atoms with Crippen molar-refractivity contribution in [2.45, 2.75) is 26.2 Å². The minimum absolute atomic E-state index is 0.0370. The van der Waals surface area contributed by atoms with E-state index in [4.69, 9.17) is 0 Å². The summed E-state index contributed by atoms with van der Waals surface area (Å²) < 4.78 is 0. The van der Waals surface area contributed by atoms with Crippen molar-refractivity contribution in [3.05, 3.63) is 24.8 Å². The van der Waals surface area contributed by atoms with Gasteiger partial charge < -0.3 is 5.11 Å². The van der Waals surface area contributed by atoms with Crippen molar-refractivity contribution in [1.82, 2.24) is 0 Å². The molecule has 0 aromatic rings. The first kappa shape index (κ1) is 10.0. The predicted octanol–water partition coefficient (Wildman–Crippen LogP) is 2.62. The van der Waals surface area contributed by atoms with Gasteiger partial charge in [0.2, 0.25) is 0 Å². The molecule has 0 fully saturated rings. The Morgan fingerprint density at radius 1 is 1.69 bits per heavy atom. The molecule has 0 spiro atoms. The van der Waals surface area contributed by atoms with E-state index in [1.165, 1.54) is 0 Å². The normalized spacial score (nSPS) is 29.6. The molecule has 0 saturated heterocycles. The molecule has 1 N–H and O–H groups in total. The minimum atomic E-state index is -0.691. The topological polar surface area (TPSA) is 37.3 Å². The van der Waals surface area contributed by atoms with E-state index in [9.17, 15) is 9.90 Å². The lowest BCUT2D eigenvalue weighted by Gasteiger charge is -2.34. The highest BCUT2D eigenvalue weighted by Crippen LogP contribution is 2.40. The molecule has 1 rings (SSSR count). The summed E-state index contributed by atoms with van der Waals surface area (Å²) in [6.07, 6.45) is 7.99.